The van der Waals surface area contributed by atoms with Gasteiger partial charge in [0.2, 0.25) is 11.7 Å². The Balaban J connectivity index is 2.18. The highest BCUT2D eigenvalue weighted by molar-refractivity contribution is 5.48. The third-order valence-corrected chi connectivity index (χ3v) is 2.53. The molecule has 0 bridgehead atoms. The summed E-state index contributed by atoms with van der Waals surface area (Å²) in [6.45, 7) is 2.27. The van der Waals surface area contributed by atoms with Crippen LogP contribution in [0.25, 0.3) is 0 Å². The van der Waals surface area contributed by atoms with Crippen molar-refractivity contribution in [1.82, 2.24) is 15.5 Å². The summed E-state index contributed by atoms with van der Waals surface area (Å²) in [4.78, 5) is 14.5. The van der Waals surface area contributed by atoms with Crippen molar-refractivity contribution in [3.8, 4) is 5.75 Å². The zero-order valence-electron chi connectivity index (χ0n) is 11.1. The van der Waals surface area contributed by atoms with Crippen molar-refractivity contribution in [3.05, 3.63) is 45.6 Å². The Bertz CT molecular complexity index is 611. The molecule has 0 unspecified atom stereocenters. The van der Waals surface area contributed by atoms with Gasteiger partial charge in [-0.15, -0.1) is 0 Å². The molecule has 1 N–H and O–H groups in total. The average Bonchev–Trinajstić information content (AvgIpc) is 2.82. The van der Waals surface area contributed by atoms with Gasteiger partial charge in [0.15, 0.2) is 12.4 Å². The van der Waals surface area contributed by atoms with Crippen LogP contribution in [-0.2, 0) is 13.2 Å². The van der Waals surface area contributed by atoms with Crippen LogP contribution in [0, 0.1) is 17.0 Å². The lowest BCUT2D eigenvalue weighted by atomic mass is 10.2. The van der Waals surface area contributed by atoms with Gasteiger partial charge in [0, 0.05) is 19.5 Å². The van der Waals surface area contributed by atoms with Crippen LogP contribution in [0.4, 0.5) is 5.69 Å². The second-order valence-corrected chi connectivity index (χ2v) is 4.11. The maximum atomic E-state index is 11.0. The molecule has 8 heteroatoms. The van der Waals surface area contributed by atoms with E-state index in [1.165, 1.54) is 6.07 Å². The zero-order valence-corrected chi connectivity index (χ0v) is 11.1. The number of aryl methyl sites for hydroxylation is 1. The molecule has 1 heterocycles. The smallest absolute Gasteiger partial charge is 0.310 e. The summed E-state index contributed by atoms with van der Waals surface area (Å²) in [6.07, 6.45) is 0. The van der Waals surface area contributed by atoms with Crippen LogP contribution in [0.15, 0.2) is 22.7 Å². The van der Waals surface area contributed by atoms with Crippen LogP contribution in [-0.4, -0.2) is 22.1 Å². The first-order valence-electron chi connectivity index (χ1n) is 5.94. The largest absolute Gasteiger partial charge is 0.478 e. The molecule has 20 heavy (non-hydrogen) atoms. The fourth-order valence-corrected chi connectivity index (χ4v) is 1.68. The van der Waals surface area contributed by atoms with Gasteiger partial charge in [-0.1, -0.05) is 11.2 Å². The average molecular weight is 278 g/mol. The van der Waals surface area contributed by atoms with Crippen molar-refractivity contribution in [3.63, 3.8) is 0 Å². The Labute approximate surface area is 114 Å². The predicted molar refractivity (Wildman–Crippen MR) is 69.2 cm³/mol. The van der Waals surface area contributed by atoms with Gasteiger partial charge in [-0.2, -0.15) is 4.98 Å². The number of nitro groups is 1. The molecule has 0 amide bonds. The molecule has 0 aliphatic rings. The maximum Gasteiger partial charge on any atom is 0.310 e. The molecule has 0 spiro atoms. The standard InChI is InChI=1S/C12H14N4O4/c1-8-14-12(15-20-8)7-19-11-5-9(6-13-2)3-4-10(11)16(17)18/h3-5,13H,6-7H2,1-2H3. The molecule has 0 aliphatic heterocycles. The van der Waals surface area contributed by atoms with Crippen molar-refractivity contribution < 1.29 is 14.2 Å². The second kappa shape index (κ2) is 6.11. The first kappa shape index (κ1) is 13.9. The maximum absolute atomic E-state index is 11.0. The van der Waals surface area contributed by atoms with Crippen molar-refractivity contribution >= 4 is 5.69 Å². The van der Waals surface area contributed by atoms with Gasteiger partial charge in [-0.25, -0.2) is 0 Å². The summed E-state index contributed by atoms with van der Waals surface area (Å²) in [5.74, 6) is 0.947. The molecule has 0 radical (unpaired) electrons. The van der Waals surface area contributed by atoms with Gasteiger partial charge in [-0.05, 0) is 18.7 Å². The van der Waals surface area contributed by atoms with E-state index in [1.54, 1.807) is 26.1 Å². The highest BCUT2D eigenvalue weighted by Gasteiger charge is 2.16. The minimum atomic E-state index is -0.486. The lowest BCUT2D eigenvalue weighted by Gasteiger charge is -2.07. The summed E-state index contributed by atoms with van der Waals surface area (Å²) in [6, 6.07) is 4.73. The van der Waals surface area contributed by atoms with Gasteiger partial charge < -0.3 is 14.6 Å². The van der Waals surface area contributed by atoms with E-state index in [0.717, 1.165) is 5.56 Å². The van der Waals surface area contributed by atoms with Crippen LogP contribution >= 0.6 is 0 Å². The first-order chi connectivity index (χ1) is 9.60. The normalized spacial score (nSPS) is 10.5. The summed E-state index contributed by atoms with van der Waals surface area (Å²) in [7, 11) is 1.80. The van der Waals surface area contributed by atoms with E-state index in [1.807, 2.05) is 0 Å². The van der Waals surface area contributed by atoms with Crippen molar-refractivity contribution in [2.24, 2.45) is 0 Å². The number of nitrogens with zero attached hydrogens (tertiary/aromatic N) is 3. The number of aromatic nitrogens is 2. The Kier molecular flexibility index (Phi) is 4.26. The van der Waals surface area contributed by atoms with E-state index in [0.29, 0.717) is 18.3 Å². The van der Waals surface area contributed by atoms with E-state index in [-0.39, 0.29) is 18.0 Å². The molecule has 1 aromatic carbocycles. The molecule has 0 saturated carbocycles. The van der Waals surface area contributed by atoms with Crippen molar-refractivity contribution in [1.29, 1.82) is 0 Å². The quantitative estimate of drug-likeness (QED) is 0.632. The van der Waals surface area contributed by atoms with Crippen molar-refractivity contribution in [2.45, 2.75) is 20.1 Å². The third-order valence-electron chi connectivity index (χ3n) is 2.53. The predicted octanol–water partition coefficient (Wildman–Crippen LogP) is 1.58. The number of rotatable bonds is 6. The summed E-state index contributed by atoms with van der Waals surface area (Å²) in [5.41, 5.74) is 0.794. The van der Waals surface area contributed by atoms with Gasteiger partial charge in [0.25, 0.3) is 0 Å². The van der Waals surface area contributed by atoms with Crippen LogP contribution < -0.4 is 10.1 Å². The number of benzene rings is 1. The highest BCUT2D eigenvalue weighted by atomic mass is 16.6. The minimum absolute atomic E-state index is 0.0151. The van der Waals surface area contributed by atoms with E-state index in [4.69, 9.17) is 9.26 Å². The lowest BCUT2D eigenvalue weighted by Crippen LogP contribution is -2.06. The Morgan fingerprint density at radius 1 is 1.50 bits per heavy atom. The van der Waals surface area contributed by atoms with Crippen LogP contribution in [0.3, 0.4) is 0 Å². The molecular formula is C12H14N4O4. The van der Waals surface area contributed by atoms with Crippen LogP contribution in [0.2, 0.25) is 0 Å². The SMILES string of the molecule is CNCc1ccc([N+](=O)[O-])c(OCc2noc(C)n2)c1. The van der Waals surface area contributed by atoms with Crippen LogP contribution in [0.5, 0.6) is 5.75 Å². The Morgan fingerprint density at radius 2 is 2.30 bits per heavy atom. The highest BCUT2D eigenvalue weighted by Crippen LogP contribution is 2.28. The van der Waals surface area contributed by atoms with E-state index < -0.39 is 4.92 Å². The van der Waals surface area contributed by atoms with Crippen LogP contribution in [0.1, 0.15) is 17.3 Å². The van der Waals surface area contributed by atoms with E-state index >= 15 is 0 Å². The molecular weight excluding hydrogens is 264 g/mol. The molecule has 0 saturated heterocycles. The molecule has 0 atom stereocenters. The monoisotopic (exact) mass is 278 g/mol. The Morgan fingerprint density at radius 3 is 2.90 bits per heavy atom. The zero-order chi connectivity index (χ0) is 14.5. The van der Waals surface area contributed by atoms with Gasteiger partial charge in [-0.3, -0.25) is 10.1 Å². The van der Waals surface area contributed by atoms with E-state index in [9.17, 15) is 10.1 Å². The summed E-state index contributed by atoms with van der Waals surface area (Å²) in [5, 5.41) is 17.6. The molecule has 1 aromatic heterocycles. The fourth-order valence-electron chi connectivity index (χ4n) is 1.68. The molecule has 0 fully saturated rings. The topological polar surface area (TPSA) is 103 Å². The lowest BCUT2D eigenvalue weighted by molar-refractivity contribution is -0.386. The molecule has 2 aromatic rings. The number of nitrogens with one attached hydrogen (secondary N) is 1. The number of nitro benzene ring substituents is 1. The first-order valence-corrected chi connectivity index (χ1v) is 5.94. The fraction of sp³-hybridized carbons (Fsp3) is 0.333. The number of hydrogen-bond donors (Lipinski definition) is 1. The van der Waals surface area contributed by atoms with E-state index in [2.05, 4.69) is 15.5 Å². The van der Waals surface area contributed by atoms with Crippen molar-refractivity contribution in [2.75, 3.05) is 7.05 Å². The second-order valence-electron chi connectivity index (χ2n) is 4.11. The molecule has 8 nitrogen and oxygen atoms in total. The molecule has 106 valence electrons. The number of ether oxygens (including phenoxy) is 1. The van der Waals surface area contributed by atoms with Gasteiger partial charge in [0.1, 0.15) is 0 Å². The van der Waals surface area contributed by atoms with Gasteiger partial charge >= 0.3 is 5.69 Å². The summed E-state index contributed by atoms with van der Waals surface area (Å²) >= 11 is 0. The number of hydrogen-bond acceptors (Lipinski definition) is 7. The van der Waals surface area contributed by atoms with Gasteiger partial charge in [0.05, 0.1) is 4.92 Å². The third kappa shape index (κ3) is 3.29. The molecule has 0 aliphatic carbocycles. The Hall–Kier alpha value is -2.48. The minimum Gasteiger partial charge on any atom is -0.478 e. The molecule has 2 rings (SSSR count). The summed E-state index contributed by atoms with van der Waals surface area (Å²) < 4.78 is 10.2.